The molecule has 0 saturated heterocycles. The maximum absolute atomic E-state index is 10.0. The third kappa shape index (κ3) is 381. The second kappa shape index (κ2) is 149. The predicted molar refractivity (Wildman–Crippen MR) is 172 cm³/mol. The Hall–Kier alpha value is 3.67. The molecule has 0 aromatic carbocycles. The van der Waals surface area contributed by atoms with Gasteiger partial charge in [-0.3, -0.25) is 25.8 Å². The Labute approximate surface area is 441 Å². The van der Waals surface area contributed by atoms with E-state index >= 15 is 0 Å². The van der Waals surface area contributed by atoms with E-state index in [2.05, 4.69) is 59.4 Å². The maximum Gasteiger partial charge on any atom is 0.102 e. The summed E-state index contributed by atoms with van der Waals surface area (Å²) in [5.74, 6) is 0. The van der Waals surface area contributed by atoms with Gasteiger partial charge >= 0.3 is 0 Å². The molecule has 0 amide bonds. The van der Waals surface area contributed by atoms with Crippen LogP contribution in [-0.2, 0) is 233 Å². The van der Waals surface area contributed by atoms with Crippen LogP contribution in [0.2, 0.25) is 0 Å². The summed E-state index contributed by atoms with van der Waals surface area (Å²) < 4.78 is 23.9. The number of rotatable bonds is 13. The third-order valence-electron chi connectivity index (χ3n) is 1.11. The van der Waals surface area contributed by atoms with Gasteiger partial charge in [0, 0.05) is 179 Å². The number of carbonyl (C=O) groups excluding carboxylic acids is 3. The monoisotopic (exact) mass is 1220 g/mol. The first-order chi connectivity index (χ1) is 21.4. The molecule has 0 rings (SSSR count). The van der Waals surface area contributed by atoms with Gasteiger partial charge in [-0.15, -0.1) is 21.6 Å². The maximum atomic E-state index is 10.0. The molecular weight excluding hydrogens is 1190 g/mol. The van der Waals surface area contributed by atoms with Gasteiger partial charge in [-0.25, -0.2) is 11.2 Å². The zero-order valence-corrected chi connectivity index (χ0v) is 45.1. The first-order valence-electron chi connectivity index (χ1n) is 9.43. The molecule has 291 valence electrons. The molecule has 0 heterocycles. The van der Waals surface area contributed by atoms with Crippen molar-refractivity contribution < 1.29 is 261 Å². The average Bonchev–Trinajstić information content (AvgIpc) is 3.00. The molecule has 0 aromatic rings. The van der Waals surface area contributed by atoms with Crippen LogP contribution in [-0.4, -0.2) is 148 Å². The van der Waals surface area contributed by atoms with Gasteiger partial charge < -0.3 is 108 Å². The van der Waals surface area contributed by atoms with Gasteiger partial charge in [-0.1, -0.05) is 32.4 Å². The van der Waals surface area contributed by atoms with E-state index < -0.39 is 21.6 Å². The summed E-state index contributed by atoms with van der Waals surface area (Å²) in [6, 6.07) is 0. The van der Waals surface area contributed by atoms with Crippen LogP contribution in [0.5, 0.6) is 0 Å². The second-order valence-corrected chi connectivity index (χ2v) is 9.53. The molecule has 0 aliphatic carbocycles. The van der Waals surface area contributed by atoms with Gasteiger partial charge in [0.15, 0.2) is 0 Å². The molecule has 0 saturated carbocycles. The first-order valence-corrected chi connectivity index (χ1v) is 15.6. The number of ether oxygens (including phenoxy) is 1. The molecule has 31 heteroatoms. The van der Waals surface area contributed by atoms with Crippen molar-refractivity contribution in [2.45, 2.75) is 0 Å². The fourth-order valence-corrected chi connectivity index (χ4v) is 1.80. The standard InChI is InChI=1S/C3H7O3.C3H5O3.2C3H4O2S2.C2H6O2.4CHO2.CH4S2.5Y/c1-5-6-3-2-4;4-1-2-6-3-5;2*1-7(5)3-6-2-4;3-1-2-4;5*2-1-3;;;;;/h4H,1-3H2;4H,1-2H2;2*1,3H2;3-4H,1-2H2;4*(H,2,3);2-3H,1H2;;;;;/q2*-1;2*-2;;4*-1;;;;;;. The largest absolute Gasteiger partial charge is 0.665 e. The van der Waals surface area contributed by atoms with Gasteiger partial charge in [0.05, 0.1) is 33.0 Å². The van der Waals surface area contributed by atoms with E-state index in [1.807, 2.05) is 0 Å². The molecule has 5 radical (unpaired) electrons. The molecule has 2 atom stereocenters. The van der Waals surface area contributed by atoms with E-state index in [9.17, 15) is 18.0 Å². The Bertz CT molecular complexity index is 536. The molecule has 8 N–H and O–H groups in total. The summed E-state index contributed by atoms with van der Waals surface area (Å²) in [7, 11) is 0.660. The molecule has 0 fully saturated rings. The zero-order chi connectivity index (χ0) is 38.0. The van der Waals surface area contributed by atoms with Crippen LogP contribution in [0.3, 0.4) is 0 Å². The molecule has 0 spiro atoms. The zero-order valence-electron chi connectivity index (χ0n) is 25.9. The van der Waals surface area contributed by atoms with Crippen molar-refractivity contribution in [3.8, 4) is 0 Å². The van der Waals surface area contributed by atoms with E-state index in [4.69, 9.17) is 64.8 Å². The average molecular weight is 1220 g/mol. The van der Waals surface area contributed by atoms with Crippen LogP contribution in [0.15, 0.2) is 0 Å². The van der Waals surface area contributed by atoms with Crippen molar-refractivity contribution in [3.05, 3.63) is 19.6 Å². The van der Waals surface area contributed by atoms with Crippen molar-refractivity contribution in [2.75, 3.05) is 54.9 Å². The quantitative estimate of drug-likeness (QED) is 0.0229. The molecule has 0 bridgehead atoms. The minimum absolute atomic E-state index is 0. The van der Waals surface area contributed by atoms with Crippen molar-refractivity contribution >= 4 is 114 Å². The smallest absolute Gasteiger partial charge is 0.102 e. The van der Waals surface area contributed by atoms with Gasteiger partial charge in [0.2, 0.25) is 0 Å². The molecule has 50 heavy (non-hydrogen) atoms. The number of aliphatic hydroxyl groups excluding tert-OH is 8. The van der Waals surface area contributed by atoms with E-state index in [1.165, 1.54) is 11.2 Å². The normalized spacial score (nSPS) is 7.62. The molecular formula is C19H34O20S6Y5-10. The van der Waals surface area contributed by atoms with Crippen molar-refractivity contribution in [3.63, 3.8) is 0 Å². The van der Waals surface area contributed by atoms with Crippen LogP contribution in [0, 0.1) is 19.6 Å². The van der Waals surface area contributed by atoms with Crippen LogP contribution in [0.25, 0.3) is 0 Å². The summed E-state index contributed by atoms with van der Waals surface area (Å²) >= 11 is 9.00. The summed E-state index contributed by atoms with van der Waals surface area (Å²) in [4.78, 5) is 68.8. The van der Waals surface area contributed by atoms with Gasteiger partial charge in [-0.2, -0.15) is 32.4 Å². The SMILES string of the molecule is O=[C-]O.O=[C-]O.O=[C-]O.O=[C-]O.O=[C-]OCCO.OCCO.SCS.[CH2-]OOCCO.[CH2-]S(=O)CS[C-]=O.[CH2-]S(=O)CS[C-]=O.[Y].[Y].[Y].[Y].[Y]. The minimum atomic E-state index is -1.11. The van der Waals surface area contributed by atoms with Crippen LogP contribution in [0.1, 0.15) is 0 Å². The Morgan fingerprint density at radius 2 is 0.820 bits per heavy atom. The van der Waals surface area contributed by atoms with Crippen LogP contribution >= 0.6 is 48.8 Å². The van der Waals surface area contributed by atoms with Crippen molar-refractivity contribution in [2.24, 2.45) is 0 Å². The fourth-order valence-electron chi connectivity index (χ4n) is 0.363. The Balaban J connectivity index is -0.0000000211. The summed E-state index contributed by atoms with van der Waals surface area (Å²) in [6.45, 7) is 2.98. The van der Waals surface area contributed by atoms with E-state index in [0.717, 1.165) is 30.0 Å². The van der Waals surface area contributed by atoms with Crippen molar-refractivity contribution in [1.82, 2.24) is 0 Å². The Morgan fingerprint density at radius 3 is 0.880 bits per heavy atom. The minimum Gasteiger partial charge on any atom is -0.665 e. The molecule has 0 aliphatic rings. The van der Waals surface area contributed by atoms with Gasteiger partial charge in [0.25, 0.3) is 0 Å². The van der Waals surface area contributed by atoms with Gasteiger partial charge in [-0.05, 0) is 0 Å². The van der Waals surface area contributed by atoms with Crippen LogP contribution < -0.4 is 0 Å². The number of hydrogen-bond donors (Lipinski definition) is 10. The Morgan fingerprint density at radius 1 is 0.580 bits per heavy atom. The van der Waals surface area contributed by atoms with Crippen molar-refractivity contribution in [1.29, 1.82) is 0 Å². The number of aliphatic hydroxyl groups is 4. The molecule has 0 aliphatic heterocycles. The van der Waals surface area contributed by atoms with Crippen LogP contribution in [0.4, 0.5) is 0 Å². The molecule has 20 nitrogen and oxygen atoms in total. The molecule has 2 unspecified atom stereocenters. The third-order valence-corrected chi connectivity index (χ3v) is 4.39. The molecule has 0 aromatic heterocycles. The summed E-state index contributed by atoms with van der Waals surface area (Å²) in [5, 5.41) is 59.3. The van der Waals surface area contributed by atoms with E-state index in [-0.39, 0.29) is 213 Å². The number of hydrogen-bond acceptors (Lipinski definition) is 20. The van der Waals surface area contributed by atoms with E-state index in [0.29, 0.717) is 31.0 Å². The number of thiol groups is 2. The predicted octanol–water partition coefficient (Wildman–Crippen LogP) is -2.44. The first kappa shape index (κ1) is 99.6. The summed E-state index contributed by atoms with van der Waals surface area (Å²) in [6.07, 6.45) is 6.30. The number of thioether (sulfide) groups is 2. The van der Waals surface area contributed by atoms with Gasteiger partial charge in [0.1, 0.15) is 6.61 Å². The summed E-state index contributed by atoms with van der Waals surface area (Å²) in [5.41, 5.74) is 3.07. The topological polar surface area (TPSA) is 343 Å². The fraction of sp³-hybridized carbons (Fsp3) is 0.474. The Kier molecular flexibility index (Phi) is 298. The van der Waals surface area contributed by atoms with E-state index in [1.54, 1.807) is 0 Å². The second-order valence-electron chi connectivity index (χ2n) is 3.84.